The standard InChI is InChI=1S/C33H23N2OP/c36-37(24-11-3-1-4-12-24,25-13-5-2-6-14-25)26-21-19-23(20-22-26)33-34-31-29-17-9-7-15-27(29)28-16-8-10-18-30(28)32(31)35-33/h1-22H,(H,34,35). The molecule has 0 radical (unpaired) electrons. The molecule has 0 spiro atoms. The Morgan fingerprint density at radius 2 is 0.946 bits per heavy atom. The van der Waals surface area contributed by atoms with Gasteiger partial charge in [0.25, 0.3) is 0 Å². The maximum absolute atomic E-state index is 14.7. The number of hydrogen-bond acceptors (Lipinski definition) is 2. The average molecular weight is 495 g/mol. The van der Waals surface area contributed by atoms with Crippen molar-refractivity contribution in [1.29, 1.82) is 0 Å². The highest BCUT2D eigenvalue weighted by Gasteiger charge is 2.29. The second-order valence-corrected chi connectivity index (χ2v) is 12.0. The summed E-state index contributed by atoms with van der Waals surface area (Å²) in [6, 6.07) is 44.4. The lowest BCUT2D eigenvalue weighted by atomic mass is 10.0. The van der Waals surface area contributed by atoms with Crippen LogP contribution in [0, 0.1) is 0 Å². The molecule has 0 aliphatic heterocycles. The molecule has 1 N–H and O–H groups in total. The molecule has 0 aliphatic rings. The molecule has 0 amide bonds. The quantitative estimate of drug-likeness (QED) is 0.208. The molecule has 0 unspecified atom stereocenters. The number of H-pyrrole nitrogens is 1. The van der Waals surface area contributed by atoms with Gasteiger partial charge in [-0.2, -0.15) is 0 Å². The monoisotopic (exact) mass is 494 g/mol. The van der Waals surface area contributed by atoms with Crippen LogP contribution in [-0.2, 0) is 4.57 Å². The van der Waals surface area contributed by atoms with Gasteiger partial charge in [0, 0.05) is 32.2 Å². The fraction of sp³-hybridized carbons (Fsp3) is 0. The van der Waals surface area contributed by atoms with Crippen molar-refractivity contribution < 1.29 is 4.57 Å². The molecule has 0 saturated carbocycles. The fourth-order valence-corrected chi connectivity index (χ4v) is 7.96. The smallest absolute Gasteiger partial charge is 0.171 e. The number of nitrogens with zero attached hydrogens (tertiary/aromatic N) is 1. The molecule has 0 bridgehead atoms. The first kappa shape index (κ1) is 21.8. The number of hydrogen-bond donors (Lipinski definition) is 1. The van der Waals surface area contributed by atoms with E-state index in [-0.39, 0.29) is 0 Å². The van der Waals surface area contributed by atoms with Crippen LogP contribution in [0.3, 0.4) is 0 Å². The lowest BCUT2D eigenvalue weighted by Gasteiger charge is -2.20. The summed E-state index contributed by atoms with van der Waals surface area (Å²) in [6.45, 7) is 0. The molecule has 0 atom stereocenters. The predicted molar refractivity (Wildman–Crippen MR) is 156 cm³/mol. The van der Waals surface area contributed by atoms with Crippen LogP contribution in [0.25, 0.3) is 44.0 Å². The largest absolute Gasteiger partial charge is 0.337 e. The number of aromatic amines is 1. The third-order valence-electron chi connectivity index (χ3n) is 7.12. The Hall–Kier alpha value is -4.46. The number of benzene rings is 6. The van der Waals surface area contributed by atoms with Gasteiger partial charge in [0.2, 0.25) is 0 Å². The van der Waals surface area contributed by atoms with E-state index < -0.39 is 7.14 Å². The molecule has 3 nitrogen and oxygen atoms in total. The molecule has 4 heteroatoms. The topological polar surface area (TPSA) is 45.8 Å². The van der Waals surface area contributed by atoms with Crippen LogP contribution in [0.1, 0.15) is 0 Å². The van der Waals surface area contributed by atoms with Crippen LogP contribution in [0.5, 0.6) is 0 Å². The Morgan fingerprint density at radius 1 is 0.486 bits per heavy atom. The molecule has 7 aromatic rings. The summed E-state index contributed by atoms with van der Waals surface area (Å²) in [5, 5.41) is 7.16. The number of nitrogens with one attached hydrogen (secondary N) is 1. The second kappa shape index (κ2) is 8.58. The Kier molecular flexibility index (Phi) is 5.06. The number of fused-ring (bicyclic) bond motifs is 6. The van der Waals surface area contributed by atoms with Gasteiger partial charge in [0.05, 0.1) is 11.0 Å². The van der Waals surface area contributed by atoms with E-state index in [9.17, 15) is 4.57 Å². The zero-order chi connectivity index (χ0) is 24.8. The number of rotatable bonds is 4. The zero-order valence-corrected chi connectivity index (χ0v) is 20.9. The van der Waals surface area contributed by atoms with Crippen molar-refractivity contribution in [3.05, 3.63) is 133 Å². The van der Waals surface area contributed by atoms with Gasteiger partial charge in [-0.05, 0) is 10.8 Å². The highest BCUT2D eigenvalue weighted by molar-refractivity contribution is 7.85. The van der Waals surface area contributed by atoms with E-state index in [2.05, 4.69) is 53.5 Å². The minimum atomic E-state index is -3.01. The van der Waals surface area contributed by atoms with E-state index in [4.69, 9.17) is 4.98 Å². The van der Waals surface area contributed by atoms with Crippen molar-refractivity contribution >= 4 is 55.6 Å². The zero-order valence-electron chi connectivity index (χ0n) is 20.0. The molecule has 7 rings (SSSR count). The van der Waals surface area contributed by atoms with Gasteiger partial charge in [0.15, 0.2) is 7.14 Å². The summed E-state index contributed by atoms with van der Waals surface area (Å²) in [6.07, 6.45) is 0. The molecule has 0 aliphatic carbocycles. The van der Waals surface area contributed by atoms with Crippen LogP contribution >= 0.6 is 7.14 Å². The summed E-state index contributed by atoms with van der Waals surface area (Å²) < 4.78 is 14.7. The van der Waals surface area contributed by atoms with Gasteiger partial charge in [-0.25, -0.2) is 4.98 Å². The van der Waals surface area contributed by atoms with E-state index in [1.807, 2.05) is 84.9 Å². The highest BCUT2D eigenvalue weighted by Crippen LogP contribution is 2.42. The third kappa shape index (κ3) is 3.43. The van der Waals surface area contributed by atoms with Gasteiger partial charge in [-0.1, -0.05) is 133 Å². The SMILES string of the molecule is O=P(c1ccccc1)(c1ccccc1)c1ccc(-c2nc3c4ccccc4c4ccccc4c3[nH]2)cc1. The van der Waals surface area contributed by atoms with Crippen molar-refractivity contribution in [2.75, 3.05) is 0 Å². The maximum atomic E-state index is 14.7. The molecule has 1 aromatic heterocycles. The second-order valence-electron chi connectivity index (χ2n) is 9.23. The third-order valence-corrected chi connectivity index (χ3v) is 10.2. The summed E-state index contributed by atoms with van der Waals surface area (Å²) in [7, 11) is -3.01. The van der Waals surface area contributed by atoms with E-state index in [0.717, 1.165) is 49.1 Å². The van der Waals surface area contributed by atoms with Crippen LogP contribution in [0.15, 0.2) is 133 Å². The summed E-state index contributed by atoms with van der Waals surface area (Å²) in [4.78, 5) is 8.63. The van der Waals surface area contributed by atoms with Crippen molar-refractivity contribution in [1.82, 2.24) is 9.97 Å². The van der Waals surface area contributed by atoms with Crippen LogP contribution in [0.4, 0.5) is 0 Å². The van der Waals surface area contributed by atoms with Gasteiger partial charge in [-0.15, -0.1) is 0 Å². The molecule has 37 heavy (non-hydrogen) atoms. The minimum absolute atomic E-state index is 0.803. The normalized spacial score (nSPS) is 11.9. The molecule has 0 fully saturated rings. The van der Waals surface area contributed by atoms with Crippen molar-refractivity contribution in [2.45, 2.75) is 0 Å². The minimum Gasteiger partial charge on any atom is -0.337 e. The van der Waals surface area contributed by atoms with Gasteiger partial charge in [-0.3, -0.25) is 0 Å². The molecule has 1 heterocycles. The van der Waals surface area contributed by atoms with Gasteiger partial charge < -0.3 is 9.55 Å². The molecule has 176 valence electrons. The van der Waals surface area contributed by atoms with Crippen LogP contribution < -0.4 is 15.9 Å². The van der Waals surface area contributed by atoms with Gasteiger partial charge in [0.1, 0.15) is 5.82 Å². The maximum Gasteiger partial charge on any atom is 0.171 e. The lowest BCUT2D eigenvalue weighted by Crippen LogP contribution is -2.24. The Balaban J connectivity index is 1.39. The Labute approximate surface area is 214 Å². The summed E-state index contributed by atoms with van der Waals surface area (Å²) in [5.74, 6) is 0.803. The first-order valence-electron chi connectivity index (χ1n) is 12.3. The lowest BCUT2D eigenvalue weighted by molar-refractivity contribution is 0.592. The van der Waals surface area contributed by atoms with E-state index in [1.165, 1.54) is 10.8 Å². The highest BCUT2D eigenvalue weighted by atomic mass is 31.2. The predicted octanol–water partition coefficient (Wildman–Crippen LogP) is 7.18. The van der Waals surface area contributed by atoms with E-state index in [0.29, 0.717) is 0 Å². The van der Waals surface area contributed by atoms with E-state index >= 15 is 0 Å². The Morgan fingerprint density at radius 3 is 1.54 bits per heavy atom. The molecule has 0 saturated heterocycles. The van der Waals surface area contributed by atoms with Crippen molar-refractivity contribution in [3.63, 3.8) is 0 Å². The number of aromatic nitrogens is 2. The van der Waals surface area contributed by atoms with Crippen LogP contribution in [0.2, 0.25) is 0 Å². The summed E-state index contributed by atoms with van der Waals surface area (Å²) >= 11 is 0. The fourth-order valence-electron chi connectivity index (χ4n) is 5.31. The molecular formula is C33H23N2OP. The van der Waals surface area contributed by atoms with Crippen molar-refractivity contribution in [2.24, 2.45) is 0 Å². The average Bonchev–Trinajstić information content (AvgIpc) is 3.44. The molecule has 6 aromatic carbocycles. The van der Waals surface area contributed by atoms with Crippen molar-refractivity contribution in [3.8, 4) is 11.4 Å². The van der Waals surface area contributed by atoms with Gasteiger partial charge >= 0.3 is 0 Å². The van der Waals surface area contributed by atoms with E-state index in [1.54, 1.807) is 0 Å². The first-order valence-corrected chi connectivity index (χ1v) is 14.1. The van der Waals surface area contributed by atoms with Crippen LogP contribution in [-0.4, -0.2) is 9.97 Å². The Bertz CT molecular complexity index is 1830. The number of imidazole rings is 1. The first-order chi connectivity index (χ1) is 18.2. The summed E-state index contributed by atoms with van der Waals surface area (Å²) in [5.41, 5.74) is 2.96. The molecular weight excluding hydrogens is 471 g/mol.